The summed E-state index contributed by atoms with van der Waals surface area (Å²) in [7, 11) is 0. The molecule has 0 N–H and O–H groups in total. The van der Waals surface area contributed by atoms with E-state index in [0.717, 1.165) is 6.54 Å². The van der Waals surface area contributed by atoms with Crippen molar-refractivity contribution >= 4 is 0 Å². The van der Waals surface area contributed by atoms with Crippen molar-refractivity contribution in [3.05, 3.63) is 54.1 Å². The van der Waals surface area contributed by atoms with Gasteiger partial charge in [0, 0.05) is 18.9 Å². The molecule has 2 rings (SSSR count). The summed E-state index contributed by atoms with van der Waals surface area (Å²) in [6.07, 6.45) is 5.62. The Bertz CT molecular complexity index is 377. The molecule has 0 aliphatic heterocycles. The van der Waals surface area contributed by atoms with Crippen molar-refractivity contribution in [1.82, 2.24) is 9.55 Å². The first-order valence-electron chi connectivity index (χ1n) is 5.36. The maximum atomic E-state index is 4.01. The minimum atomic E-state index is 0.909. The Morgan fingerprint density at radius 2 is 1.93 bits per heavy atom. The quantitative estimate of drug-likeness (QED) is 0.731. The van der Waals surface area contributed by atoms with E-state index in [4.69, 9.17) is 0 Å². The van der Waals surface area contributed by atoms with E-state index in [-0.39, 0.29) is 0 Å². The third-order valence-corrected chi connectivity index (χ3v) is 2.17. The second-order valence-corrected chi connectivity index (χ2v) is 3.16. The minimum absolute atomic E-state index is 0.909. The van der Waals surface area contributed by atoms with Crippen molar-refractivity contribution in [3.8, 4) is 0 Å². The van der Waals surface area contributed by atoms with Crippen LogP contribution in [0.4, 0.5) is 0 Å². The van der Waals surface area contributed by atoms with Gasteiger partial charge in [0.15, 0.2) is 0 Å². The summed E-state index contributed by atoms with van der Waals surface area (Å²) in [6, 6.07) is 8.41. The molecule has 15 heavy (non-hydrogen) atoms. The Morgan fingerprint density at radius 1 is 1.20 bits per heavy atom. The first kappa shape index (κ1) is 11.5. The van der Waals surface area contributed by atoms with Crippen LogP contribution in [0.5, 0.6) is 0 Å². The molecular weight excluding hydrogens is 184 g/mol. The first-order chi connectivity index (χ1) is 7.36. The zero-order valence-electron chi connectivity index (χ0n) is 9.64. The second-order valence-electron chi connectivity index (χ2n) is 3.16. The van der Waals surface area contributed by atoms with Crippen LogP contribution in [-0.4, -0.2) is 9.55 Å². The first-order valence-corrected chi connectivity index (χ1v) is 5.36. The van der Waals surface area contributed by atoms with E-state index in [1.165, 1.54) is 11.1 Å². The molecule has 0 unspecified atom stereocenters. The highest BCUT2D eigenvalue weighted by molar-refractivity contribution is 5.25. The minimum Gasteiger partial charge on any atom is -0.333 e. The standard InChI is InChI=1S/C11H12N2.C2H6/c1-10-4-2-3-5-11(10)8-13-7-6-12-9-13;1-2/h2-7,9H,8H2,1H3;1-2H3. The highest BCUT2D eigenvalue weighted by atomic mass is 15.0. The summed E-state index contributed by atoms with van der Waals surface area (Å²) in [5.41, 5.74) is 2.68. The highest BCUT2D eigenvalue weighted by Gasteiger charge is 1.96. The lowest BCUT2D eigenvalue weighted by Gasteiger charge is -2.05. The van der Waals surface area contributed by atoms with Gasteiger partial charge < -0.3 is 4.57 Å². The Morgan fingerprint density at radius 3 is 2.53 bits per heavy atom. The molecule has 0 atom stereocenters. The molecule has 0 spiro atoms. The Balaban J connectivity index is 0.000000531. The van der Waals surface area contributed by atoms with Gasteiger partial charge in [0.25, 0.3) is 0 Å². The largest absolute Gasteiger partial charge is 0.333 e. The Labute approximate surface area is 91.6 Å². The van der Waals surface area contributed by atoms with E-state index in [2.05, 4.69) is 40.7 Å². The summed E-state index contributed by atoms with van der Waals surface area (Å²) < 4.78 is 2.07. The van der Waals surface area contributed by atoms with Gasteiger partial charge in [-0.05, 0) is 18.1 Å². The smallest absolute Gasteiger partial charge is 0.0949 e. The Hall–Kier alpha value is -1.57. The molecule has 1 aromatic carbocycles. The van der Waals surface area contributed by atoms with Crippen LogP contribution in [0.2, 0.25) is 0 Å². The van der Waals surface area contributed by atoms with Crippen molar-refractivity contribution < 1.29 is 0 Å². The molecular formula is C13H18N2. The van der Waals surface area contributed by atoms with Gasteiger partial charge in [-0.2, -0.15) is 0 Å². The molecule has 0 saturated carbocycles. The van der Waals surface area contributed by atoms with E-state index in [9.17, 15) is 0 Å². The van der Waals surface area contributed by atoms with Gasteiger partial charge in [-0.3, -0.25) is 0 Å². The van der Waals surface area contributed by atoms with Crippen LogP contribution in [0.25, 0.3) is 0 Å². The monoisotopic (exact) mass is 202 g/mol. The molecule has 2 nitrogen and oxygen atoms in total. The molecule has 0 saturated heterocycles. The van der Waals surface area contributed by atoms with Crippen LogP contribution in [0.1, 0.15) is 25.0 Å². The summed E-state index contributed by atoms with van der Waals surface area (Å²) in [5, 5.41) is 0. The number of nitrogens with zero attached hydrogens (tertiary/aromatic N) is 2. The number of imidazole rings is 1. The molecule has 0 fully saturated rings. The van der Waals surface area contributed by atoms with Gasteiger partial charge in [0.1, 0.15) is 0 Å². The fraction of sp³-hybridized carbons (Fsp3) is 0.308. The van der Waals surface area contributed by atoms with Crippen molar-refractivity contribution in [1.29, 1.82) is 0 Å². The van der Waals surface area contributed by atoms with E-state index in [1.54, 1.807) is 6.20 Å². The van der Waals surface area contributed by atoms with Crippen LogP contribution in [0.3, 0.4) is 0 Å². The predicted molar refractivity (Wildman–Crippen MR) is 63.9 cm³/mol. The van der Waals surface area contributed by atoms with E-state index < -0.39 is 0 Å². The Kier molecular flexibility index (Phi) is 4.61. The van der Waals surface area contributed by atoms with Crippen LogP contribution < -0.4 is 0 Å². The van der Waals surface area contributed by atoms with Crippen molar-refractivity contribution in [2.45, 2.75) is 27.3 Å². The number of hydrogen-bond donors (Lipinski definition) is 0. The maximum Gasteiger partial charge on any atom is 0.0949 e. The summed E-state index contributed by atoms with van der Waals surface area (Å²) >= 11 is 0. The van der Waals surface area contributed by atoms with Crippen molar-refractivity contribution in [2.75, 3.05) is 0 Å². The molecule has 0 amide bonds. The lowest BCUT2D eigenvalue weighted by molar-refractivity contribution is 0.792. The van der Waals surface area contributed by atoms with E-state index >= 15 is 0 Å². The third kappa shape index (κ3) is 3.24. The number of rotatable bonds is 2. The fourth-order valence-electron chi connectivity index (χ4n) is 1.36. The van der Waals surface area contributed by atoms with Gasteiger partial charge in [0.05, 0.1) is 6.33 Å². The molecule has 0 bridgehead atoms. The predicted octanol–water partition coefficient (Wildman–Crippen LogP) is 3.27. The summed E-state index contributed by atoms with van der Waals surface area (Å²) in [6.45, 7) is 7.04. The number of aromatic nitrogens is 2. The number of hydrogen-bond acceptors (Lipinski definition) is 1. The van der Waals surface area contributed by atoms with Crippen LogP contribution in [-0.2, 0) is 6.54 Å². The fourth-order valence-corrected chi connectivity index (χ4v) is 1.36. The lowest BCUT2D eigenvalue weighted by Crippen LogP contribution is -1.97. The zero-order valence-corrected chi connectivity index (χ0v) is 9.64. The molecule has 2 aromatic rings. The van der Waals surface area contributed by atoms with E-state index in [1.807, 2.05) is 26.4 Å². The van der Waals surface area contributed by atoms with Crippen LogP contribution >= 0.6 is 0 Å². The van der Waals surface area contributed by atoms with Gasteiger partial charge in [0.2, 0.25) is 0 Å². The van der Waals surface area contributed by atoms with Gasteiger partial charge >= 0.3 is 0 Å². The molecule has 1 heterocycles. The van der Waals surface area contributed by atoms with Crippen molar-refractivity contribution in [2.24, 2.45) is 0 Å². The van der Waals surface area contributed by atoms with Gasteiger partial charge in [-0.25, -0.2) is 4.98 Å². The number of benzene rings is 1. The SMILES string of the molecule is CC.Cc1ccccc1Cn1ccnc1. The zero-order chi connectivity index (χ0) is 11.1. The average Bonchev–Trinajstić information content (AvgIpc) is 2.77. The van der Waals surface area contributed by atoms with Crippen LogP contribution in [0, 0.1) is 6.92 Å². The topological polar surface area (TPSA) is 17.8 Å². The molecule has 2 heteroatoms. The molecule has 1 aromatic heterocycles. The normalized spacial score (nSPS) is 9.27. The molecule has 0 aliphatic rings. The molecule has 0 aliphatic carbocycles. The second kappa shape index (κ2) is 6.02. The molecule has 80 valence electrons. The van der Waals surface area contributed by atoms with E-state index in [0.29, 0.717) is 0 Å². The third-order valence-electron chi connectivity index (χ3n) is 2.17. The van der Waals surface area contributed by atoms with Crippen molar-refractivity contribution in [3.63, 3.8) is 0 Å². The molecule has 0 radical (unpaired) electrons. The lowest BCUT2D eigenvalue weighted by atomic mass is 10.1. The maximum absolute atomic E-state index is 4.01. The average molecular weight is 202 g/mol. The summed E-state index contributed by atoms with van der Waals surface area (Å²) in [4.78, 5) is 4.01. The van der Waals surface area contributed by atoms with Gasteiger partial charge in [-0.1, -0.05) is 38.1 Å². The summed E-state index contributed by atoms with van der Waals surface area (Å²) in [5.74, 6) is 0. The van der Waals surface area contributed by atoms with Gasteiger partial charge in [-0.15, -0.1) is 0 Å². The highest BCUT2D eigenvalue weighted by Crippen LogP contribution is 2.08. The van der Waals surface area contributed by atoms with Crippen LogP contribution in [0.15, 0.2) is 43.0 Å². The number of aryl methyl sites for hydroxylation is 1.